The molecule has 0 unspecified atom stereocenters. The fourth-order valence-electron chi connectivity index (χ4n) is 3.76. The van der Waals surface area contributed by atoms with Crippen molar-refractivity contribution in [3.8, 4) is 17.2 Å². The number of furan rings is 1. The van der Waals surface area contributed by atoms with Crippen LogP contribution in [0.5, 0.6) is 5.88 Å². The summed E-state index contributed by atoms with van der Waals surface area (Å²) in [5.74, 6) is 1.07. The lowest BCUT2D eigenvalue weighted by Gasteiger charge is -2.32. The Balaban J connectivity index is 1.48. The topological polar surface area (TPSA) is 77.7 Å². The van der Waals surface area contributed by atoms with E-state index in [2.05, 4.69) is 30.8 Å². The number of rotatable bonds is 7. The van der Waals surface area contributed by atoms with Gasteiger partial charge in [-0.1, -0.05) is 30.3 Å². The second-order valence-electron chi connectivity index (χ2n) is 7.33. The predicted octanol–water partition coefficient (Wildman–Crippen LogP) is 4.45. The van der Waals surface area contributed by atoms with Crippen LogP contribution in [0.3, 0.4) is 0 Å². The third-order valence-electron chi connectivity index (χ3n) is 5.25. The Morgan fingerprint density at radius 1 is 1.30 bits per heavy atom. The second-order valence-corrected chi connectivity index (χ2v) is 8.13. The van der Waals surface area contributed by atoms with Crippen LogP contribution < -0.4 is 4.74 Å². The number of aromatic nitrogens is 2. The van der Waals surface area contributed by atoms with Crippen LogP contribution in [-0.2, 0) is 9.53 Å². The number of hydrogen-bond donors (Lipinski definition) is 0. The van der Waals surface area contributed by atoms with Gasteiger partial charge >= 0.3 is 5.97 Å². The van der Waals surface area contributed by atoms with Gasteiger partial charge in [0.2, 0.25) is 11.6 Å². The van der Waals surface area contributed by atoms with Crippen molar-refractivity contribution in [3.63, 3.8) is 0 Å². The number of piperidine rings is 1. The molecule has 30 heavy (non-hydrogen) atoms. The van der Waals surface area contributed by atoms with E-state index in [1.807, 2.05) is 30.3 Å². The van der Waals surface area contributed by atoms with Crippen molar-refractivity contribution < 1.29 is 18.7 Å². The molecule has 0 bridgehead atoms. The van der Waals surface area contributed by atoms with Crippen LogP contribution in [0.4, 0.5) is 0 Å². The van der Waals surface area contributed by atoms with Crippen LogP contribution in [0.1, 0.15) is 25.7 Å². The second kappa shape index (κ2) is 9.57. The average Bonchev–Trinajstić information content (AvgIpc) is 3.12. The highest BCUT2D eigenvalue weighted by molar-refractivity contribution is 9.10. The van der Waals surface area contributed by atoms with Gasteiger partial charge < -0.3 is 13.9 Å². The molecule has 0 aliphatic carbocycles. The van der Waals surface area contributed by atoms with E-state index in [0.29, 0.717) is 23.8 Å². The zero-order valence-corrected chi connectivity index (χ0v) is 18.4. The first-order valence-corrected chi connectivity index (χ1v) is 10.9. The number of ether oxygens (including phenoxy) is 2. The van der Waals surface area contributed by atoms with Gasteiger partial charge in [0.1, 0.15) is 17.8 Å². The van der Waals surface area contributed by atoms with Gasteiger partial charge in [-0.05, 0) is 48.3 Å². The Bertz CT molecular complexity index is 1010. The third-order valence-corrected chi connectivity index (χ3v) is 6.01. The molecule has 2 aromatic heterocycles. The largest absolute Gasteiger partial charge is 0.472 e. The molecule has 1 saturated heterocycles. The molecule has 3 heterocycles. The maximum Gasteiger partial charge on any atom is 0.305 e. The molecule has 1 aliphatic rings. The van der Waals surface area contributed by atoms with Crippen LogP contribution in [0, 0.1) is 0 Å². The summed E-state index contributed by atoms with van der Waals surface area (Å²) in [6.45, 7) is 2.66. The molecule has 1 aromatic carbocycles. The van der Waals surface area contributed by atoms with Crippen molar-refractivity contribution >= 4 is 33.0 Å². The lowest BCUT2D eigenvalue weighted by Crippen LogP contribution is -2.41. The minimum atomic E-state index is -0.165. The Kier molecular flexibility index (Phi) is 6.64. The average molecular weight is 474 g/mol. The Morgan fingerprint density at radius 3 is 2.93 bits per heavy atom. The van der Waals surface area contributed by atoms with Gasteiger partial charge in [-0.15, -0.1) is 0 Å². The zero-order valence-electron chi connectivity index (χ0n) is 16.8. The number of esters is 1. The number of benzene rings is 1. The molecule has 0 saturated carbocycles. The van der Waals surface area contributed by atoms with E-state index in [1.54, 1.807) is 0 Å². The lowest BCUT2D eigenvalue weighted by molar-refractivity contribution is -0.140. The summed E-state index contributed by atoms with van der Waals surface area (Å²) in [6, 6.07) is 9.88. The summed E-state index contributed by atoms with van der Waals surface area (Å²) in [5, 5.41) is 0.749. The number of hydrogen-bond acceptors (Lipinski definition) is 7. The first kappa shape index (κ1) is 20.8. The van der Waals surface area contributed by atoms with Crippen molar-refractivity contribution in [3.05, 3.63) is 41.1 Å². The number of likely N-dealkylation sites (tertiary alicyclic amines) is 1. The standard InChI is InChI=1S/C22H24BrN3O4/c1-28-17(27)10-6-12-26-11-5-9-16(13-26)29-21-18-19(23)20(15-7-3-2-4-8-15)30-22(18)25-14-24-21/h2-4,7-8,14,16H,5-6,9-13H2,1H3/t16-/m0/s1. The molecule has 7 nitrogen and oxygen atoms in total. The highest BCUT2D eigenvalue weighted by Crippen LogP contribution is 2.40. The van der Waals surface area contributed by atoms with Crippen molar-refractivity contribution in [2.75, 3.05) is 26.7 Å². The van der Waals surface area contributed by atoms with Gasteiger partial charge in [0.15, 0.2) is 5.76 Å². The van der Waals surface area contributed by atoms with Crippen LogP contribution in [0.15, 0.2) is 45.5 Å². The first-order valence-electron chi connectivity index (χ1n) is 10.1. The number of carbonyl (C=O) groups excluding carboxylic acids is 1. The SMILES string of the molecule is COC(=O)CCCN1CCC[C@H](Oc2ncnc3oc(-c4ccccc4)c(Br)c23)C1. The number of fused-ring (bicyclic) bond motifs is 1. The van der Waals surface area contributed by atoms with Crippen LogP contribution in [0.2, 0.25) is 0 Å². The molecule has 3 aromatic rings. The molecule has 158 valence electrons. The normalized spacial score (nSPS) is 17.2. The molecule has 0 amide bonds. The molecule has 1 fully saturated rings. The smallest absolute Gasteiger partial charge is 0.305 e. The van der Waals surface area contributed by atoms with Crippen molar-refractivity contribution in [2.24, 2.45) is 0 Å². The van der Waals surface area contributed by atoms with Gasteiger partial charge in [-0.25, -0.2) is 9.97 Å². The summed E-state index contributed by atoms with van der Waals surface area (Å²) in [5.41, 5.74) is 1.46. The van der Waals surface area contributed by atoms with Crippen molar-refractivity contribution in [1.82, 2.24) is 14.9 Å². The highest BCUT2D eigenvalue weighted by Gasteiger charge is 2.25. The number of carbonyl (C=O) groups is 1. The zero-order chi connectivity index (χ0) is 20.9. The van der Waals surface area contributed by atoms with Gasteiger partial charge in [-0.2, -0.15) is 0 Å². The number of nitrogens with zero attached hydrogens (tertiary/aromatic N) is 3. The van der Waals surface area contributed by atoms with E-state index in [-0.39, 0.29) is 12.1 Å². The minimum Gasteiger partial charge on any atom is -0.472 e. The minimum absolute atomic E-state index is 0.0250. The van der Waals surface area contributed by atoms with E-state index in [1.165, 1.54) is 13.4 Å². The van der Waals surface area contributed by atoms with Crippen LogP contribution in [-0.4, -0.2) is 53.7 Å². The van der Waals surface area contributed by atoms with Crippen molar-refractivity contribution in [1.29, 1.82) is 0 Å². The summed E-state index contributed by atoms with van der Waals surface area (Å²) in [4.78, 5) is 22.3. The monoisotopic (exact) mass is 473 g/mol. The van der Waals surface area contributed by atoms with Crippen molar-refractivity contribution in [2.45, 2.75) is 31.8 Å². The summed E-state index contributed by atoms with van der Waals surface area (Å²) >= 11 is 3.66. The summed E-state index contributed by atoms with van der Waals surface area (Å²) in [7, 11) is 1.42. The maximum absolute atomic E-state index is 11.3. The van der Waals surface area contributed by atoms with E-state index in [4.69, 9.17) is 13.9 Å². The number of halogens is 1. The van der Waals surface area contributed by atoms with Gasteiger partial charge in [0, 0.05) is 18.5 Å². The van der Waals surface area contributed by atoms with Crippen LogP contribution in [0.25, 0.3) is 22.4 Å². The van der Waals surface area contributed by atoms with E-state index < -0.39 is 0 Å². The quantitative estimate of drug-likeness (QED) is 0.469. The molecule has 1 atom stereocenters. The van der Waals surface area contributed by atoms with E-state index in [0.717, 1.165) is 54.3 Å². The Morgan fingerprint density at radius 2 is 2.13 bits per heavy atom. The molecule has 1 aliphatic heterocycles. The van der Waals surface area contributed by atoms with Gasteiger partial charge in [-0.3, -0.25) is 9.69 Å². The van der Waals surface area contributed by atoms with Crippen LogP contribution >= 0.6 is 15.9 Å². The fourth-order valence-corrected chi connectivity index (χ4v) is 4.41. The molecule has 8 heteroatoms. The summed E-state index contributed by atoms with van der Waals surface area (Å²) < 4.78 is 17.8. The first-order chi connectivity index (χ1) is 14.7. The molecule has 0 radical (unpaired) electrons. The fraction of sp³-hybridized carbons (Fsp3) is 0.409. The molecule has 4 rings (SSSR count). The van der Waals surface area contributed by atoms with Gasteiger partial charge in [0.25, 0.3) is 0 Å². The predicted molar refractivity (Wildman–Crippen MR) is 116 cm³/mol. The molecule has 0 spiro atoms. The molecular weight excluding hydrogens is 450 g/mol. The third kappa shape index (κ3) is 4.65. The summed E-state index contributed by atoms with van der Waals surface area (Å²) in [6.07, 6.45) is 4.72. The molecule has 0 N–H and O–H groups in total. The highest BCUT2D eigenvalue weighted by atomic mass is 79.9. The van der Waals surface area contributed by atoms with Gasteiger partial charge in [0.05, 0.1) is 11.6 Å². The maximum atomic E-state index is 11.3. The Labute approximate surface area is 183 Å². The Hall–Kier alpha value is -2.45. The molecular formula is C22H24BrN3O4. The lowest BCUT2D eigenvalue weighted by atomic mass is 10.1. The van der Waals surface area contributed by atoms with E-state index >= 15 is 0 Å². The van der Waals surface area contributed by atoms with E-state index in [9.17, 15) is 4.79 Å². The number of methoxy groups -OCH3 is 1.